The number of fused-ring (bicyclic) bond motifs is 5. The lowest BCUT2D eigenvalue weighted by Crippen LogP contribution is -2.46. The summed E-state index contributed by atoms with van der Waals surface area (Å²) < 4.78 is 36.9. The van der Waals surface area contributed by atoms with Crippen LogP contribution in [0.1, 0.15) is 166 Å². The maximum absolute atomic E-state index is 15.4. The Labute approximate surface area is 536 Å². The fourth-order valence-corrected chi connectivity index (χ4v) is 11.0. The van der Waals surface area contributed by atoms with Gasteiger partial charge in [-0.15, -0.1) is 5.10 Å². The molecule has 2 heterocycles. The first-order valence-corrected chi connectivity index (χ1v) is 35.5. The molecule has 90 heavy (non-hydrogen) atoms. The number of aliphatic hydroxyl groups is 1. The molecule has 24 heteroatoms. The van der Waals surface area contributed by atoms with E-state index in [4.69, 9.17) is 40.0 Å². The van der Waals surface area contributed by atoms with Crippen LogP contribution in [0.5, 0.6) is 17.2 Å². The smallest absolute Gasteiger partial charge is 0.407 e. The number of Topliss-reactive ketones (excluding diaryl/α,β-unsaturated/α-hetero) is 3. The number of nitrogens with one attached hydrogen (secondary N) is 3. The summed E-state index contributed by atoms with van der Waals surface area (Å²) in [6.07, 6.45) is 0.854. The number of halogens is 1. The Morgan fingerprint density at radius 1 is 0.800 bits per heavy atom. The summed E-state index contributed by atoms with van der Waals surface area (Å²) in [5.41, 5.74) is 0.387. The number of likely N-dealkylation sites (N-methyl/N-ethyl adjacent to an activating group) is 1. The van der Waals surface area contributed by atoms with Crippen LogP contribution in [0.25, 0.3) is 11.1 Å². The maximum Gasteiger partial charge on any atom is 0.407 e. The predicted octanol–water partition coefficient (Wildman–Crippen LogP) is 11.2. The second kappa shape index (κ2) is 34.5. The number of ether oxygens (including phenoxy) is 6. The Bertz CT molecular complexity index is 3070. The average Bonchev–Trinajstić information content (AvgIpc) is 0.910. The van der Waals surface area contributed by atoms with Gasteiger partial charge in [0.15, 0.2) is 23.2 Å². The lowest BCUT2D eigenvalue weighted by Gasteiger charge is -2.32. The van der Waals surface area contributed by atoms with E-state index in [0.29, 0.717) is 59.1 Å². The maximum atomic E-state index is 15.4. The predicted molar refractivity (Wildman–Crippen MR) is 345 cm³/mol. The summed E-state index contributed by atoms with van der Waals surface area (Å²) in [5.74, 6) is -4.34. The van der Waals surface area contributed by atoms with Gasteiger partial charge in [-0.3, -0.25) is 24.0 Å². The standard InChI is InChI=1S/C66H97ClN8O14Si/c1-15-17-18-19-30-85-47-22-23-48(51(67)40-47)53(76)39-46(26-27-68-63(82)88-65(5,6)7)62(81)74(11)58-45-21-25-57(86-29-16-2)50(38-45)49-36-44(20-24-56(49)87-31-28-69-64(83)89-66(8,9)10)37-52(70-61(80)43(4)35-55(58)78)54(77)34-42(3)59(79)60-71-72-73-75(60)41-84-32-33-90(12,13)14/h20-25,36,38,40,42-43,46,52,58-59,79H,15-19,26-35,37,39,41H2,1-14H3,(H,68,82)(H,69,83)(H,70,80)/t42-,43-,46-,52+,58+,59?/m1/s1. The highest BCUT2D eigenvalue weighted by Crippen LogP contribution is 2.41. The third-order valence-corrected chi connectivity index (χ3v) is 16.8. The lowest BCUT2D eigenvalue weighted by atomic mass is 9.87. The lowest BCUT2D eigenvalue weighted by molar-refractivity contribution is -0.142. The summed E-state index contributed by atoms with van der Waals surface area (Å²) >= 11 is 6.77. The van der Waals surface area contributed by atoms with Crippen LogP contribution in [-0.4, -0.2) is 143 Å². The van der Waals surface area contributed by atoms with Gasteiger partial charge in [0.2, 0.25) is 11.8 Å². The van der Waals surface area contributed by atoms with Crippen molar-refractivity contribution in [1.29, 1.82) is 0 Å². The number of carbonyl (C=O) groups is 7. The minimum Gasteiger partial charge on any atom is -0.494 e. The Morgan fingerprint density at radius 3 is 2.10 bits per heavy atom. The molecular formula is C66H97ClN8O14Si. The minimum absolute atomic E-state index is 0.00517. The number of aromatic nitrogens is 4. The van der Waals surface area contributed by atoms with Gasteiger partial charge in [0.1, 0.15) is 53.9 Å². The normalized spacial score (nSPS) is 16.6. The molecule has 1 unspecified atom stereocenters. The van der Waals surface area contributed by atoms with Crippen LogP contribution >= 0.6 is 11.6 Å². The molecule has 3 aromatic carbocycles. The zero-order valence-electron chi connectivity index (χ0n) is 55.3. The van der Waals surface area contributed by atoms with Gasteiger partial charge in [-0.25, -0.2) is 14.3 Å². The molecule has 5 rings (SSSR count). The molecular weight excluding hydrogens is 1190 g/mol. The van der Waals surface area contributed by atoms with Gasteiger partial charge in [0.25, 0.3) is 0 Å². The van der Waals surface area contributed by atoms with Gasteiger partial charge in [-0.1, -0.05) is 90.3 Å². The second-order valence-corrected chi connectivity index (χ2v) is 32.5. The van der Waals surface area contributed by atoms with E-state index >= 15 is 9.59 Å². The zero-order chi connectivity index (χ0) is 66.5. The van der Waals surface area contributed by atoms with E-state index in [1.54, 1.807) is 110 Å². The van der Waals surface area contributed by atoms with E-state index < -0.39 is 103 Å². The van der Waals surface area contributed by atoms with Gasteiger partial charge < -0.3 is 54.4 Å². The number of unbranched alkanes of at least 4 members (excludes halogenated alkanes) is 3. The highest BCUT2D eigenvalue weighted by Gasteiger charge is 2.38. The van der Waals surface area contributed by atoms with Crippen molar-refractivity contribution in [3.63, 3.8) is 0 Å². The van der Waals surface area contributed by atoms with E-state index in [1.807, 2.05) is 6.92 Å². The molecule has 496 valence electrons. The molecule has 4 N–H and O–H groups in total. The summed E-state index contributed by atoms with van der Waals surface area (Å²) in [6.45, 7) is 25.6. The third-order valence-electron chi connectivity index (χ3n) is 14.8. The molecule has 22 nitrogen and oxygen atoms in total. The second-order valence-electron chi connectivity index (χ2n) is 26.5. The van der Waals surface area contributed by atoms with Crippen LogP contribution in [0.3, 0.4) is 0 Å². The monoisotopic (exact) mass is 1290 g/mol. The average molecular weight is 1290 g/mol. The van der Waals surface area contributed by atoms with E-state index in [0.717, 1.165) is 31.7 Å². The van der Waals surface area contributed by atoms with Crippen LogP contribution in [0.15, 0.2) is 54.6 Å². The van der Waals surface area contributed by atoms with Crippen LogP contribution in [0.2, 0.25) is 30.7 Å². The number of tetrazole rings is 1. The van der Waals surface area contributed by atoms with Crippen molar-refractivity contribution in [3.05, 3.63) is 82.1 Å². The number of hydrogen-bond donors (Lipinski definition) is 4. The first kappa shape index (κ1) is 73.8. The number of rotatable bonds is 31. The van der Waals surface area contributed by atoms with Gasteiger partial charge >= 0.3 is 12.2 Å². The van der Waals surface area contributed by atoms with Crippen molar-refractivity contribution < 1.29 is 67.1 Å². The summed E-state index contributed by atoms with van der Waals surface area (Å²) in [5, 5.41) is 32.0. The Morgan fingerprint density at radius 2 is 1.46 bits per heavy atom. The van der Waals surface area contributed by atoms with Crippen molar-refractivity contribution in [2.24, 2.45) is 17.8 Å². The zero-order valence-corrected chi connectivity index (χ0v) is 57.0. The number of amides is 4. The number of alkyl carbamates (subject to hydrolysis) is 2. The summed E-state index contributed by atoms with van der Waals surface area (Å²) in [6, 6.07) is 13.5. The largest absolute Gasteiger partial charge is 0.494 e. The molecule has 4 aromatic rings. The van der Waals surface area contributed by atoms with Crippen LogP contribution < -0.4 is 30.2 Å². The van der Waals surface area contributed by atoms with Crippen molar-refractivity contribution in [2.45, 2.75) is 195 Å². The molecule has 0 radical (unpaired) electrons. The number of nitrogens with zero attached hydrogens (tertiary/aromatic N) is 5. The first-order valence-electron chi connectivity index (χ1n) is 31.4. The molecule has 4 bridgehead atoms. The Balaban J connectivity index is 1.58. The number of aliphatic hydroxyl groups excluding tert-OH is 1. The molecule has 0 spiro atoms. The van der Waals surface area contributed by atoms with Crippen molar-refractivity contribution >= 4 is 61.0 Å². The highest BCUT2D eigenvalue weighted by atomic mass is 35.5. The van der Waals surface area contributed by atoms with Crippen molar-refractivity contribution in [1.82, 2.24) is 41.1 Å². The fraction of sp³-hybridized carbons (Fsp3) is 0.606. The molecule has 0 aliphatic carbocycles. The number of benzene rings is 3. The SMILES string of the molecule is CCCCCCOc1ccc(C(=O)C[C@@H](CCNC(=O)OC(C)(C)C)C(=O)N(C)[C@@H]2C(=O)C[C@@H](C)C(=O)N[C@H](C(=O)C[C@@H](C)C(O)c3nnnn3COCC[Si](C)(C)C)Cc3ccc(OCCNC(=O)OC(C)(C)C)c(c3)-c3cc2ccc3OCCC)c(Cl)c1. The van der Waals surface area contributed by atoms with Gasteiger partial charge in [0.05, 0.1) is 30.8 Å². The van der Waals surface area contributed by atoms with E-state index in [2.05, 4.69) is 58.0 Å². The molecule has 0 fully saturated rings. The van der Waals surface area contributed by atoms with E-state index in [1.165, 1.54) is 16.6 Å². The summed E-state index contributed by atoms with van der Waals surface area (Å²) in [4.78, 5) is 101. The molecule has 0 saturated heterocycles. The molecule has 0 saturated carbocycles. The quantitative estimate of drug-likeness (QED) is 0.0207. The molecule has 1 aliphatic rings. The van der Waals surface area contributed by atoms with E-state index in [9.17, 15) is 29.1 Å². The van der Waals surface area contributed by atoms with Crippen molar-refractivity contribution in [3.8, 4) is 28.4 Å². The van der Waals surface area contributed by atoms with E-state index in [-0.39, 0.29) is 75.1 Å². The molecule has 1 aromatic heterocycles. The number of hydrogen-bond acceptors (Lipinski definition) is 17. The Kier molecular flexibility index (Phi) is 28.3. The highest BCUT2D eigenvalue weighted by molar-refractivity contribution is 6.76. The molecule has 6 atom stereocenters. The minimum atomic E-state index is -1.40. The van der Waals surface area contributed by atoms with Crippen LogP contribution in [-0.2, 0) is 46.5 Å². The van der Waals surface area contributed by atoms with Gasteiger partial charge in [-0.2, -0.15) is 0 Å². The van der Waals surface area contributed by atoms with Crippen LogP contribution in [0, 0.1) is 17.8 Å². The number of ketones is 3. The summed E-state index contributed by atoms with van der Waals surface area (Å²) in [7, 11) is 0.0527. The molecule has 1 aliphatic heterocycles. The molecule has 4 amide bonds. The third kappa shape index (κ3) is 23.7. The van der Waals surface area contributed by atoms with Crippen LogP contribution in [0.4, 0.5) is 9.59 Å². The van der Waals surface area contributed by atoms with Gasteiger partial charge in [-0.05, 0) is 143 Å². The number of carbonyl (C=O) groups excluding carboxylic acids is 7. The Hall–Kier alpha value is -6.95. The van der Waals surface area contributed by atoms with Crippen molar-refractivity contribution in [2.75, 3.05) is 46.6 Å². The van der Waals surface area contributed by atoms with Gasteiger partial charge in [0, 0.05) is 76.1 Å². The first-order chi connectivity index (χ1) is 42.4. The topological polar surface area (TPSA) is 278 Å². The fourth-order valence-electron chi connectivity index (χ4n) is 9.99.